The number of benzene rings is 1. The molecule has 0 spiro atoms. The van der Waals surface area contributed by atoms with E-state index in [9.17, 15) is 0 Å². The zero-order valence-electron chi connectivity index (χ0n) is 6.39. The summed E-state index contributed by atoms with van der Waals surface area (Å²) in [7, 11) is 0. The monoisotopic (exact) mass is 369 g/mol. The van der Waals surface area contributed by atoms with Gasteiger partial charge in [-0.25, -0.2) is 0 Å². The van der Waals surface area contributed by atoms with E-state index in [0.29, 0.717) is 0 Å². The molecule has 3 heteroatoms. The van der Waals surface area contributed by atoms with Crippen LogP contribution < -0.4 is 29.7 Å². The summed E-state index contributed by atoms with van der Waals surface area (Å²) in [6.45, 7) is 0.990. The van der Waals surface area contributed by atoms with Crippen molar-refractivity contribution in [1.82, 2.24) is 0 Å². The zero-order valence-corrected chi connectivity index (χ0v) is 11.4. The van der Waals surface area contributed by atoms with Crippen molar-refractivity contribution in [3.63, 3.8) is 0 Å². The molecule has 1 aromatic carbocycles. The Kier molecular flexibility index (Phi) is 11.4. The van der Waals surface area contributed by atoms with Gasteiger partial charge in [0.25, 0.3) is 0 Å². The van der Waals surface area contributed by atoms with E-state index in [1.807, 2.05) is 6.07 Å². The van der Waals surface area contributed by atoms with Crippen LogP contribution in [0.2, 0.25) is 0 Å². The Morgan fingerprint density at radius 3 is 2.09 bits per heavy atom. The minimum Gasteiger partial charge on any atom is -1.00 e. The van der Waals surface area contributed by atoms with Gasteiger partial charge in [-0.15, -0.1) is 0 Å². The van der Waals surface area contributed by atoms with Crippen LogP contribution in [-0.4, -0.2) is 30.5 Å². The van der Waals surface area contributed by atoms with Crippen molar-refractivity contribution >= 4 is 23.9 Å². The molecule has 11 heavy (non-hydrogen) atoms. The summed E-state index contributed by atoms with van der Waals surface area (Å²) in [5.74, 6) is 0. The van der Waals surface area contributed by atoms with Gasteiger partial charge in [-0.3, -0.25) is 0 Å². The maximum atomic E-state index is 3.78. The van der Waals surface area contributed by atoms with E-state index in [0.717, 1.165) is 13.0 Å². The Labute approximate surface area is 102 Å². The third-order valence-corrected chi connectivity index (χ3v) is 1.31. The molecular formula is C8H12INSn. The molecule has 1 aromatic rings. The van der Waals surface area contributed by atoms with Crippen LogP contribution in [0.15, 0.2) is 30.3 Å². The summed E-state index contributed by atoms with van der Waals surface area (Å²) in [6, 6.07) is 10.4. The summed E-state index contributed by atoms with van der Waals surface area (Å²) in [6.07, 6.45) is 1.10. The first-order chi connectivity index (χ1) is 4.43. The molecule has 60 valence electrons. The number of hydrogen-bond acceptors (Lipinski definition) is 0. The molecule has 0 aromatic heterocycles. The van der Waals surface area contributed by atoms with E-state index in [1.165, 1.54) is 5.56 Å². The summed E-state index contributed by atoms with van der Waals surface area (Å²) >= 11 is 0. The quantitative estimate of drug-likeness (QED) is 0.429. The Hall–Kier alpha value is 0.709. The van der Waals surface area contributed by atoms with Crippen molar-refractivity contribution in [2.75, 3.05) is 6.54 Å². The van der Waals surface area contributed by atoms with Crippen LogP contribution in [0, 0.1) is 0 Å². The molecule has 0 atom stereocenters. The van der Waals surface area contributed by atoms with E-state index in [-0.39, 0.29) is 47.9 Å². The van der Waals surface area contributed by atoms with Crippen LogP contribution in [0.4, 0.5) is 0 Å². The van der Waals surface area contributed by atoms with E-state index in [2.05, 4.69) is 30.0 Å². The molecule has 1 rings (SSSR count). The predicted molar refractivity (Wildman–Crippen MR) is 43.7 cm³/mol. The van der Waals surface area contributed by atoms with Crippen LogP contribution in [0.5, 0.6) is 0 Å². The van der Waals surface area contributed by atoms with Gasteiger partial charge in [-0.1, -0.05) is 30.3 Å². The van der Waals surface area contributed by atoms with Gasteiger partial charge in [0.15, 0.2) is 0 Å². The van der Waals surface area contributed by atoms with Crippen molar-refractivity contribution in [1.29, 1.82) is 0 Å². The average molecular weight is 368 g/mol. The van der Waals surface area contributed by atoms with Gasteiger partial charge in [0, 0.05) is 30.3 Å². The van der Waals surface area contributed by atoms with Crippen molar-refractivity contribution in [3.05, 3.63) is 35.9 Å². The van der Waals surface area contributed by atoms with Crippen LogP contribution in [-0.2, 0) is 6.42 Å². The smallest absolute Gasteiger partial charge is 0.0780 e. The largest absolute Gasteiger partial charge is 1.00 e. The van der Waals surface area contributed by atoms with E-state index in [1.54, 1.807) is 0 Å². The molecular weight excluding hydrogens is 356 g/mol. The number of quaternary nitrogens is 1. The molecule has 0 aliphatic heterocycles. The second-order valence-corrected chi connectivity index (χ2v) is 2.09. The average Bonchev–Trinajstić information content (AvgIpc) is 1.91. The van der Waals surface area contributed by atoms with Gasteiger partial charge >= 0.3 is 0 Å². The van der Waals surface area contributed by atoms with Gasteiger partial charge in [0.2, 0.25) is 0 Å². The molecule has 0 aliphatic rings. The first-order valence-corrected chi connectivity index (χ1v) is 3.26. The van der Waals surface area contributed by atoms with Gasteiger partial charge in [0.05, 0.1) is 6.54 Å². The van der Waals surface area contributed by atoms with Crippen molar-refractivity contribution in [2.45, 2.75) is 6.42 Å². The van der Waals surface area contributed by atoms with Gasteiger partial charge in [-0.05, 0) is 5.56 Å². The Morgan fingerprint density at radius 2 is 1.64 bits per heavy atom. The summed E-state index contributed by atoms with van der Waals surface area (Å²) < 4.78 is 0. The molecule has 0 saturated heterocycles. The van der Waals surface area contributed by atoms with E-state index in [4.69, 9.17) is 0 Å². The first-order valence-electron chi connectivity index (χ1n) is 3.26. The molecule has 0 aliphatic carbocycles. The molecule has 0 bridgehead atoms. The third kappa shape index (κ3) is 5.92. The standard InChI is InChI=1S/C8H11N.HI.Sn/c9-7-6-8-4-2-1-3-5-8;;/h1-5H,6-7,9H2;1H;. The fraction of sp³-hybridized carbons (Fsp3) is 0.250. The molecule has 3 N–H and O–H groups in total. The predicted octanol–water partition coefficient (Wildman–Crippen LogP) is -2.91. The Bertz CT molecular complexity index is 167. The molecule has 4 radical (unpaired) electrons. The van der Waals surface area contributed by atoms with Crippen LogP contribution in [0.3, 0.4) is 0 Å². The van der Waals surface area contributed by atoms with E-state index < -0.39 is 0 Å². The molecule has 1 nitrogen and oxygen atoms in total. The SMILES string of the molecule is [I-].[NH3+]CCc1ccccc1.[Sn]. The molecule has 0 amide bonds. The number of halogens is 1. The minimum absolute atomic E-state index is 0. The fourth-order valence-electron chi connectivity index (χ4n) is 0.849. The third-order valence-electron chi connectivity index (χ3n) is 1.31. The fourth-order valence-corrected chi connectivity index (χ4v) is 0.849. The van der Waals surface area contributed by atoms with Crippen LogP contribution >= 0.6 is 0 Å². The maximum Gasteiger partial charge on any atom is 0.0780 e. The number of hydrogen-bond donors (Lipinski definition) is 1. The van der Waals surface area contributed by atoms with Crippen LogP contribution in [0.25, 0.3) is 0 Å². The molecule has 0 saturated carbocycles. The summed E-state index contributed by atoms with van der Waals surface area (Å²) in [4.78, 5) is 0. The minimum atomic E-state index is 0. The maximum absolute atomic E-state index is 3.78. The second-order valence-electron chi connectivity index (χ2n) is 2.09. The van der Waals surface area contributed by atoms with E-state index >= 15 is 0 Å². The normalized spacial score (nSPS) is 7.73. The molecule has 0 fully saturated rings. The van der Waals surface area contributed by atoms with Gasteiger partial charge in [-0.2, -0.15) is 0 Å². The van der Waals surface area contributed by atoms with Crippen LogP contribution in [0.1, 0.15) is 5.56 Å². The van der Waals surface area contributed by atoms with Gasteiger partial charge < -0.3 is 29.7 Å². The van der Waals surface area contributed by atoms with Crippen molar-refractivity contribution in [2.24, 2.45) is 0 Å². The number of rotatable bonds is 2. The van der Waals surface area contributed by atoms with Crippen molar-refractivity contribution < 1.29 is 29.7 Å². The van der Waals surface area contributed by atoms with Crippen molar-refractivity contribution in [3.8, 4) is 0 Å². The Morgan fingerprint density at radius 1 is 1.09 bits per heavy atom. The molecule has 0 unspecified atom stereocenters. The molecule has 0 heterocycles. The topological polar surface area (TPSA) is 27.6 Å². The zero-order chi connectivity index (χ0) is 6.53. The first kappa shape index (κ1) is 14.2. The summed E-state index contributed by atoms with van der Waals surface area (Å²) in [5, 5.41) is 0. The second kappa shape index (κ2) is 8.80. The summed E-state index contributed by atoms with van der Waals surface area (Å²) in [5.41, 5.74) is 5.16. The van der Waals surface area contributed by atoms with Gasteiger partial charge in [0.1, 0.15) is 0 Å². The Balaban J connectivity index is 0.